The molecule has 6 nitrogen and oxygen atoms in total. The van der Waals surface area contributed by atoms with Gasteiger partial charge in [0.15, 0.2) is 0 Å². The van der Waals surface area contributed by atoms with Crippen molar-refractivity contribution in [2.24, 2.45) is 5.73 Å². The number of nitrogens with two attached hydrogens (primary N) is 1. The number of aromatic amines is 1. The first-order valence-corrected chi connectivity index (χ1v) is 4.59. The molecule has 1 heterocycles. The topological polar surface area (TPSA) is 90.1 Å². The smallest absolute Gasteiger partial charge is 0.328 e. The lowest BCUT2D eigenvalue weighted by Crippen LogP contribution is -2.35. The van der Waals surface area contributed by atoms with E-state index in [-0.39, 0.29) is 10.6 Å². The first-order valence-electron chi connectivity index (χ1n) is 4.18. The van der Waals surface area contributed by atoms with Crippen molar-refractivity contribution < 1.29 is 4.74 Å². The van der Waals surface area contributed by atoms with Crippen LogP contribution in [0, 0.1) is 0 Å². The molecule has 1 rings (SSSR count). The van der Waals surface area contributed by atoms with Crippen molar-refractivity contribution in [2.45, 2.75) is 6.54 Å². The standard InChI is InChI=1S/C8H11N3O3S/c1-14-3-2-11-4-5(6(9)15)7(12)10-8(11)13/h4H,2-3H2,1H3,(H2,9,15)(H,10,12,13). The molecule has 0 bridgehead atoms. The molecule has 0 unspecified atom stereocenters. The van der Waals surface area contributed by atoms with Crippen LogP contribution in [0.4, 0.5) is 0 Å². The molecule has 82 valence electrons. The van der Waals surface area contributed by atoms with Gasteiger partial charge >= 0.3 is 5.69 Å². The van der Waals surface area contributed by atoms with Crippen LogP contribution in [0.1, 0.15) is 5.56 Å². The van der Waals surface area contributed by atoms with Gasteiger partial charge < -0.3 is 10.5 Å². The van der Waals surface area contributed by atoms with Gasteiger partial charge in [0.1, 0.15) is 4.99 Å². The van der Waals surface area contributed by atoms with Gasteiger partial charge in [-0.2, -0.15) is 0 Å². The Hall–Kier alpha value is -1.47. The minimum absolute atomic E-state index is 0.0394. The van der Waals surface area contributed by atoms with Crippen LogP contribution in [0.2, 0.25) is 0 Å². The third kappa shape index (κ3) is 2.74. The number of nitrogens with one attached hydrogen (secondary N) is 1. The molecule has 0 radical (unpaired) electrons. The molecule has 0 atom stereocenters. The lowest BCUT2D eigenvalue weighted by atomic mass is 10.3. The summed E-state index contributed by atoms with van der Waals surface area (Å²) in [6, 6.07) is 0. The largest absolute Gasteiger partial charge is 0.389 e. The van der Waals surface area contributed by atoms with Gasteiger partial charge in [-0.1, -0.05) is 12.2 Å². The quantitative estimate of drug-likeness (QED) is 0.634. The molecule has 0 spiro atoms. The predicted octanol–water partition coefficient (Wildman–Crippen LogP) is -1.18. The fourth-order valence-corrected chi connectivity index (χ4v) is 1.19. The molecule has 0 saturated heterocycles. The lowest BCUT2D eigenvalue weighted by Gasteiger charge is -2.05. The van der Waals surface area contributed by atoms with Crippen molar-refractivity contribution in [3.8, 4) is 0 Å². The highest BCUT2D eigenvalue weighted by Gasteiger charge is 2.06. The Balaban J connectivity index is 3.18. The highest BCUT2D eigenvalue weighted by molar-refractivity contribution is 7.80. The second kappa shape index (κ2) is 4.85. The maximum Gasteiger partial charge on any atom is 0.328 e. The summed E-state index contributed by atoms with van der Waals surface area (Å²) >= 11 is 4.68. The summed E-state index contributed by atoms with van der Waals surface area (Å²) in [6.07, 6.45) is 1.34. The van der Waals surface area contributed by atoms with E-state index in [0.717, 1.165) is 0 Å². The zero-order chi connectivity index (χ0) is 11.4. The molecule has 15 heavy (non-hydrogen) atoms. The summed E-state index contributed by atoms with van der Waals surface area (Å²) in [5.41, 5.74) is 4.38. The molecule has 7 heteroatoms. The summed E-state index contributed by atoms with van der Waals surface area (Å²) in [4.78, 5) is 24.6. The van der Waals surface area contributed by atoms with Crippen LogP contribution in [-0.2, 0) is 11.3 Å². The normalized spacial score (nSPS) is 10.2. The van der Waals surface area contributed by atoms with Crippen LogP contribution < -0.4 is 17.0 Å². The highest BCUT2D eigenvalue weighted by atomic mass is 32.1. The Bertz CT molecular complexity index is 477. The van der Waals surface area contributed by atoms with Crippen LogP contribution in [0.25, 0.3) is 0 Å². The van der Waals surface area contributed by atoms with Crippen molar-refractivity contribution >= 4 is 17.2 Å². The van der Waals surface area contributed by atoms with Crippen molar-refractivity contribution in [1.82, 2.24) is 9.55 Å². The van der Waals surface area contributed by atoms with E-state index in [1.807, 2.05) is 0 Å². The maximum absolute atomic E-state index is 11.3. The molecule has 0 amide bonds. The Labute approximate surface area is 90.7 Å². The number of methoxy groups -OCH3 is 1. The molecular formula is C8H11N3O3S. The van der Waals surface area contributed by atoms with Crippen LogP contribution in [0.3, 0.4) is 0 Å². The fourth-order valence-electron chi connectivity index (χ4n) is 1.04. The second-order valence-corrected chi connectivity index (χ2v) is 3.29. The van der Waals surface area contributed by atoms with Crippen LogP contribution in [0.15, 0.2) is 15.8 Å². The molecule has 0 fully saturated rings. The van der Waals surface area contributed by atoms with E-state index < -0.39 is 11.2 Å². The van der Waals surface area contributed by atoms with E-state index in [4.69, 9.17) is 10.5 Å². The van der Waals surface area contributed by atoms with E-state index >= 15 is 0 Å². The maximum atomic E-state index is 11.3. The number of aromatic nitrogens is 2. The average molecular weight is 229 g/mol. The van der Waals surface area contributed by atoms with Gasteiger partial charge in [-0.3, -0.25) is 14.3 Å². The summed E-state index contributed by atoms with van der Waals surface area (Å²) in [7, 11) is 1.52. The van der Waals surface area contributed by atoms with E-state index in [1.165, 1.54) is 17.9 Å². The van der Waals surface area contributed by atoms with Crippen molar-refractivity contribution in [3.63, 3.8) is 0 Å². The summed E-state index contributed by atoms with van der Waals surface area (Å²) in [5, 5.41) is 0. The van der Waals surface area contributed by atoms with Gasteiger partial charge in [-0.25, -0.2) is 4.79 Å². The van der Waals surface area contributed by atoms with Crippen LogP contribution in [-0.4, -0.2) is 28.3 Å². The number of nitrogens with zero attached hydrogens (tertiary/aromatic N) is 1. The zero-order valence-electron chi connectivity index (χ0n) is 8.15. The third-order valence-corrected chi connectivity index (χ3v) is 2.03. The average Bonchev–Trinajstić information content (AvgIpc) is 2.16. The van der Waals surface area contributed by atoms with Gasteiger partial charge in [0.05, 0.1) is 18.7 Å². The van der Waals surface area contributed by atoms with Gasteiger partial charge in [0, 0.05) is 13.3 Å². The van der Waals surface area contributed by atoms with Gasteiger partial charge in [0.25, 0.3) is 5.56 Å². The number of thiocarbonyl (C=S) groups is 1. The lowest BCUT2D eigenvalue weighted by molar-refractivity contribution is 0.185. The molecule has 0 aliphatic rings. The molecule has 0 aliphatic heterocycles. The van der Waals surface area contributed by atoms with Gasteiger partial charge in [-0.15, -0.1) is 0 Å². The number of ether oxygens (including phenoxy) is 1. The fraction of sp³-hybridized carbons (Fsp3) is 0.375. The number of H-pyrrole nitrogens is 1. The zero-order valence-corrected chi connectivity index (χ0v) is 8.97. The van der Waals surface area contributed by atoms with Crippen molar-refractivity contribution in [2.75, 3.05) is 13.7 Å². The highest BCUT2D eigenvalue weighted by Crippen LogP contribution is 1.88. The van der Waals surface area contributed by atoms with E-state index in [0.29, 0.717) is 13.2 Å². The Morgan fingerprint density at radius 3 is 2.87 bits per heavy atom. The summed E-state index contributed by atoms with van der Waals surface area (Å²) in [6.45, 7) is 0.699. The van der Waals surface area contributed by atoms with E-state index in [9.17, 15) is 9.59 Å². The Morgan fingerprint density at radius 2 is 2.33 bits per heavy atom. The van der Waals surface area contributed by atoms with Crippen LogP contribution >= 0.6 is 12.2 Å². The Morgan fingerprint density at radius 1 is 1.67 bits per heavy atom. The molecule has 1 aromatic heterocycles. The third-order valence-electron chi connectivity index (χ3n) is 1.81. The van der Waals surface area contributed by atoms with Crippen molar-refractivity contribution in [3.05, 3.63) is 32.6 Å². The first kappa shape index (κ1) is 11.6. The van der Waals surface area contributed by atoms with E-state index in [2.05, 4.69) is 17.2 Å². The van der Waals surface area contributed by atoms with Crippen LogP contribution in [0.5, 0.6) is 0 Å². The molecular weight excluding hydrogens is 218 g/mol. The van der Waals surface area contributed by atoms with E-state index in [1.54, 1.807) is 0 Å². The summed E-state index contributed by atoms with van der Waals surface area (Å²) in [5.74, 6) is 0. The second-order valence-electron chi connectivity index (χ2n) is 2.85. The number of rotatable bonds is 4. The molecule has 0 aromatic carbocycles. The van der Waals surface area contributed by atoms with Crippen molar-refractivity contribution in [1.29, 1.82) is 0 Å². The van der Waals surface area contributed by atoms with Gasteiger partial charge in [0.2, 0.25) is 0 Å². The molecule has 0 saturated carbocycles. The first-order chi connectivity index (χ1) is 7.06. The minimum Gasteiger partial charge on any atom is -0.389 e. The molecule has 1 aromatic rings. The van der Waals surface area contributed by atoms with Gasteiger partial charge in [-0.05, 0) is 0 Å². The molecule has 3 N–H and O–H groups in total. The Kier molecular flexibility index (Phi) is 3.75. The monoisotopic (exact) mass is 229 g/mol. The molecule has 0 aliphatic carbocycles. The number of hydrogen-bond donors (Lipinski definition) is 2. The number of hydrogen-bond acceptors (Lipinski definition) is 4. The predicted molar refractivity (Wildman–Crippen MR) is 59.1 cm³/mol. The SMILES string of the molecule is COCCn1cc(C(N)=S)c(=O)[nH]c1=O. The summed E-state index contributed by atoms with van der Waals surface area (Å²) < 4.78 is 6.11. The minimum atomic E-state index is -0.568.